The van der Waals surface area contributed by atoms with Gasteiger partial charge < -0.3 is 4.74 Å². The topological polar surface area (TPSA) is 39.2 Å². The summed E-state index contributed by atoms with van der Waals surface area (Å²) in [4.78, 5) is 17.5. The van der Waals surface area contributed by atoms with Crippen LogP contribution in [0.5, 0.6) is 0 Å². The van der Waals surface area contributed by atoms with Gasteiger partial charge >= 0.3 is 0 Å². The lowest BCUT2D eigenvalue weighted by molar-refractivity contribution is 0.0188. The first-order chi connectivity index (χ1) is 7.75. The molecule has 3 nitrogen and oxygen atoms in total. The molecule has 0 radical (unpaired) electrons. The summed E-state index contributed by atoms with van der Waals surface area (Å²) >= 11 is 1.49. The number of methoxy groups -OCH3 is 1. The van der Waals surface area contributed by atoms with Crippen LogP contribution in [0.1, 0.15) is 54.5 Å². The van der Waals surface area contributed by atoms with Crippen molar-refractivity contribution < 1.29 is 9.53 Å². The van der Waals surface area contributed by atoms with Crippen molar-refractivity contribution >= 4 is 17.1 Å². The van der Waals surface area contributed by atoms with Crippen LogP contribution in [-0.4, -0.2) is 17.9 Å². The van der Waals surface area contributed by atoms with Gasteiger partial charge in [-0.1, -0.05) is 13.8 Å². The lowest BCUT2D eigenvalue weighted by atomic mass is 9.78. The molecule has 1 aliphatic carbocycles. The molecule has 1 aliphatic rings. The molecular formula is C13H19NO2S. The fourth-order valence-electron chi connectivity index (χ4n) is 2.06. The van der Waals surface area contributed by atoms with Crippen LogP contribution >= 0.6 is 11.3 Å². The van der Waals surface area contributed by atoms with Crippen molar-refractivity contribution in [1.29, 1.82) is 0 Å². The number of fused-ring (bicyclic) bond motifs is 1. The van der Waals surface area contributed by atoms with Gasteiger partial charge in [-0.3, -0.25) is 4.79 Å². The van der Waals surface area contributed by atoms with Gasteiger partial charge in [0.25, 0.3) is 0 Å². The molecule has 0 fully saturated rings. The first-order valence-corrected chi connectivity index (χ1v) is 6.65. The zero-order valence-corrected chi connectivity index (χ0v) is 11.9. The lowest BCUT2D eigenvalue weighted by Crippen LogP contribution is -2.26. The highest BCUT2D eigenvalue weighted by Gasteiger charge is 2.36. The van der Waals surface area contributed by atoms with Crippen LogP contribution in [0.4, 0.5) is 0 Å². The van der Waals surface area contributed by atoms with Crippen molar-refractivity contribution in [2.24, 2.45) is 5.41 Å². The molecule has 0 saturated carbocycles. The molecule has 0 spiro atoms. The van der Waals surface area contributed by atoms with E-state index in [1.165, 1.54) is 11.3 Å². The molecule has 2 rings (SSSR count). The molecule has 0 amide bonds. The normalized spacial score (nSPS) is 19.2. The largest absolute Gasteiger partial charge is 0.372 e. The second-order valence-corrected chi connectivity index (χ2v) is 6.95. The van der Waals surface area contributed by atoms with Crippen LogP contribution in [0.15, 0.2) is 0 Å². The third kappa shape index (κ3) is 2.29. The maximum atomic E-state index is 12.1. The van der Waals surface area contributed by atoms with Crippen molar-refractivity contribution in [1.82, 2.24) is 4.98 Å². The van der Waals surface area contributed by atoms with Crippen LogP contribution in [0, 0.1) is 5.41 Å². The molecule has 4 heteroatoms. The molecule has 17 heavy (non-hydrogen) atoms. The van der Waals surface area contributed by atoms with E-state index in [1.807, 2.05) is 13.8 Å². The Morgan fingerprint density at radius 3 is 2.59 bits per heavy atom. The van der Waals surface area contributed by atoms with Gasteiger partial charge in [0.2, 0.25) is 0 Å². The number of carbonyl (C=O) groups is 1. The predicted molar refractivity (Wildman–Crippen MR) is 68.6 cm³/mol. The number of ether oxygens (including phenoxy) is 1. The quantitative estimate of drug-likeness (QED) is 0.812. The van der Waals surface area contributed by atoms with E-state index in [0.29, 0.717) is 6.42 Å². The lowest BCUT2D eigenvalue weighted by Gasteiger charge is -2.26. The highest BCUT2D eigenvalue weighted by molar-refractivity contribution is 7.14. The van der Waals surface area contributed by atoms with Crippen molar-refractivity contribution in [3.8, 4) is 0 Å². The Balaban J connectivity index is 2.43. The molecule has 1 heterocycles. The summed E-state index contributed by atoms with van der Waals surface area (Å²) in [6.45, 7) is 8.20. The SMILES string of the molecule is COC(C)(C)c1nc2c(s1)C(=O)CC(C)(C)C2. The Morgan fingerprint density at radius 2 is 2.00 bits per heavy atom. The minimum Gasteiger partial charge on any atom is -0.372 e. The first kappa shape index (κ1) is 12.7. The van der Waals surface area contributed by atoms with E-state index < -0.39 is 5.60 Å². The molecule has 1 aromatic heterocycles. The number of nitrogens with zero attached hydrogens (tertiary/aromatic N) is 1. The number of thiazole rings is 1. The molecule has 0 aliphatic heterocycles. The smallest absolute Gasteiger partial charge is 0.175 e. The highest BCUT2D eigenvalue weighted by atomic mass is 32.1. The Labute approximate surface area is 106 Å². The highest BCUT2D eigenvalue weighted by Crippen LogP contribution is 2.39. The van der Waals surface area contributed by atoms with Crippen molar-refractivity contribution in [2.75, 3.05) is 7.11 Å². The molecule has 0 bridgehead atoms. The molecular weight excluding hydrogens is 234 g/mol. The Morgan fingerprint density at radius 1 is 1.35 bits per heavy atom. The summed E-state index contributed by atoms with van der Waals surface area (Å²) in [6.07, 6.45) is 1.50. The zero-order chi connectivity index (χ0) is 12.8. The van der Waals surface area contributed by atoms with Gasteiger partial charge in [-0.05, 0) is 25.7 Å². The second kappa shape index (κ2) is 3.89. The van der Waals surface area contributed by atoms with E-state index in [4.69, 9.17) is 4.74 Å². The van der Waals surface area contributed by atoms with Gasteiger partial charge in [0, 0.05) is 13.5 Å². The van der Waals surface area contributed by atoms with Crippen molar-refractivity contribution in [3.63, 3.8) is 0 Å². The van der Waals surface area contributed by atoms with E-state index >= 15 is 0 Å². The van der Waals surface area contributed by atoms with Crippen molar-refractivity contribution in [3.05, 3.63) is 15.6 Å². The van der Waals surface area contributed by atoms with Gasteiger partial charge in [-0.2, -0.15) is 0 Å². The second-order valence-electron chi connectivity index (χ2n) is 5.95. The third-order valence-electron chi connectivity index (χ3n) is 3.26. The first-order valence-electron chi connectivity index (χ1n) is 5.84. The van der Waals surface area contributed by atoms with Crippen LogP contribution in [0.2, 0.25) is 0 Å². The number of ketones is 1. The standard InChI is InChI=1S/C13H19NO2S/c1-12(2)6-8-10(9(15)7-12)17-11(14-8)13(3,4)16-5/h6-7H2,1-5H3. The fourth-order valence-corrected chi connectivity index (χ4v) is 3.16. The molecule has 1 aromatic rings. The summed E-state index contributed by atoms with van der Waals surface area (Å²) in [5.41, 5.74) is 0.579. The molecule has 0 N–H and O–H groups in total. The van der Waals surface area contributed by atoms with E-state index in [9.17, 15) is 4.79 Å². The van der Waals surface area contributed by atoms with Crippen LogP contribution < -0.4 is 0 Å². The van der Waals surface area contributed by atoms with Gasteiger partial charge in [0.05, 0.1) is 10.6 Å². The number of Topliss-reactive ketones (excluding diaryl/α,β-unsaturated/α-hetero) is 1. The predicted octanol–water partition coefficient (Wildman–Crippen LogP) is 3.18. The average molecular weight is 253 g/mol. The summed E-state index contributed by atoms with van der Waals surface area (Å²) in [5, 5.41) is 0.899. The van der Waals surface area contributed by atoms with E-state index in [0.717, 1.165) is 22.0 Å². The number of aromatic nitrogens is 1. The Bertz CT molecular complexity index is 460. The maximum absolute atomic E-state index is 12.1. The molecule has 0 saturated heterocycles. The van der Waals surface area contributed by atoms with Crippen LogP contribution in [0.25, 0.3) is 0 Å². The van der Waals surface area contributed by atoms with Crippen LogP contribution in [-0.2, 0) is 16.8 Å². The van der Waals surface area contributed by atoms with Gasteiger partial charge in [-0.15, -0.1) is 11.3 Å². The minimum absolute atomic E-state index is 0.0344. The zero-order valence-electron chi connectivity index (χ0n) is 11.1. The van der Waals surface area contributed by atoms with Crippen LogP contribution in [0.3, 0.4) is 0 Å². The van der Waals surface area contributed by atoms with E-state index in [-0.39, 0.29) is 11.2 Å². The van der Waals surface area contributed by atoms with Crippen molar-refractivity contribution in [2.45, 2.75) is 46.1 Å². The Hall–Kier alpha value is -0.740. The number of carbonyl (C=O) groups excluding carboxylic acids is 1. The number of hydrogen-bond donors (Lipinski definition) is 0. The fraction of sp³-hybridized carbons (Fsp3) is 0.692. The van der Waals surface area contributed by atoms with E-state index in [1.54, 1.807) is 7.11 Å². The Kier molecular flexibility index (Phi) is 2.91. The molecule has 0 unspecified atom stereocenters. The number of rotatable bonds is 2. The molecule has 0 aromatic carbocycles. The monoisotopic (exact) mass is 253 g/mol. The summed E-state index contributed by atoms with van der Waals surface area (Å²) in [6, 6.07) is 0. The molecule has 94 valence electrons. The van der Waals surface area contributed by atoms with Gasteiger partial charge in [0.15, 0.2) is 5.78 Å². The maximum Gasteiger partial charge on any atom is 0.175 e. The minimum atomic E-state index is -0.410. The summed E-state index contributed by atoms with van der Waals surface area (Å²) in [5.74, 6) is 0.229. The molecule has 0 atom stereocenters. The van der Waals surface area contributed by atoms with Gasteiger partial charge in [0.1, 0.15) is 10.6 Å². The van der Waals surface area contributed by atoms with Gasteiger partial charge in [-0.25, -0.2) is 4.98 Å². The summed E-state index contributed by atoms with van der Waals surface area (Å²) < 4.78 is 5.43. The summed E-state index contributed by atoms with van der Waals surface area (Å²) in [7, 11) is 1.67. The average Bonchev–Trinajstić information content (AvgIpc) is 2.60. The number of hydrogen-bond acceptors (Lipinski definition) is 4. The third-order valence-corrected chi connectivity index (χ3v) is 4.70. The van der Waals surface area contributed by atoms with E-state index in [2.05, 4.69) is 18.8 Å².